The summed E-state index contributed by atoms with van der Waals surface area (Å²) in [5.41, 5.74) is 0.977. The quantitative estimate of drug-likeness (QED) is 0.733. The molecule has 1 aromatic rings. The lowest BCUT2D eigenvalue weighted by molar-refractivity contribution is -0.121. The summed E-state index contributed by atoms with van der Waals surface area (Å²) in [5.74, 6) is -0.319. The molecule has 2 rings (SSSR count). The van der Waals surface area contributed by atoms with Gasteiger partial charge in [0.1, 0.15) is 0 Å². The zero-order valence-corrected chi connectivity index (χ0v) is 13.6. The average Bonchev–Trinajstić information content (AvgIpc) is 2.50. The van der Waals surface area contributed by atoms with Gasteiger partial charge in [0.05, 0.1) is 11.7 Å². The van der Waals surface area contributed by atoms with Gasteiger partial charge >= 0.3 is 5.97 Å². The maximum absolute atomic E-state index is 11.9. The molecular weight excluding hydrogens is 294 g/mol. The van der Waals surface area contributed by atoms with Crippen molar-refractivity contribution >= 4 is 11.9 Å². The van der Waals surface area contributed by atoms with E-state index in [1.807, 2.05) is 6.92 Å². The zero-order valence-electron chi connectivity index (χ0n) is 13.6. The smallest absolute Gasteiger partial charge is 0.335 e. The van der Waals surface area contributed by atoms with Crippen LogP contribution in [0.25, 0.3) is 0 Å². The first-order valence-corrected chi connectivity index (χ1v) is 8.29. The highest BCUT2D eigenvalue weighted by molar-refractivity contribution is 5.89. The summed E-state index contributed by atoms with van der Waals surface area (Å²) in [7, 11) is 0. The zero-order chi connectivity index (χ0) is 16.7. The Morgan fingerprint density at radius 1 is 1.30 bits per heavy atom. The van der Waals surface area contributed by atoms with Crippen LogP contribution >= 0.6 is 0 Å². The van der Waals surface area contributed by atoms with Crippen molar-refractivity contribution in [3.63, 3.8) is 0 Å². The molecule has 1 aliphatic carbocycles. The first kappa shape index (κ1) is 17.5. The van der Waals surface area contributed by atoms with Gasteiger partial charge in [0.15, 0.2) is 0 Å². The van der Waals surface area contributed by atoms with Crippen LogP contribution in [0.4, 0.5) is 0 Å². The van der Waals surface area contributed by atoms with Crippen molar-refractivity contribution in [3.8, 4) is 0 Å². The minimum Gasteiger partial charge on any atom is -0.478 e. The molecule has 0 atom stereocenters. The number of ether oxygens (including phenoxy) is 1. The lowest BCUT2D eigenvalue weighted by Gasteiger charge is -2.34. The monoisotopic (exact) mass is 319 g/mol. The highest BCUT2D eigenvalue weighted by atomic mass is 16.5. The number of rotatable bonds is 9. The summed E-state index contributed by atoms with van der Waals surface area (Å²) >= 11 is 0. The third kappa shape index (κ3) is 5.36. The molecule has 5 heteroatoms. The van der Waals surface area contributed by atoms with Gasteiger partial charge in [-0.15, -0.1) is 0 Å². The molecule has 1 amide bonds. The van der Waals surface area contributed by atoms with Crippen molar-refractivity contribution in [1.29, 1.82) is 0 Å². The van der Waals surface area contributed by atoms with E-state index in [0.29, 0.717) is 37.0 Å². The number of benzene rings is 1. The van der Waals surface area contributed by atoms with E-state index in [9.17, 15) is 9.59 Å². The van der Waals surface area contributed by atoms with Crippen LogP contribution in [0.5, 0.6) is 0 Å². The van der Waals surface area contributed by atoms with Gasteiger partial charge in [-0.05, 0) is 50.2 Å². The maximum Gasteiger partial charge on any atom is 0.335 e. The van der Waals surface area contributed by atoms with Gasteiger partial charge in [-0.1, -0.05) is 18.2 Å². The number of aryl methyl sites for hydroxylation is 1. The van der Waals surface area contributed by atoms with Crippen LogP contribution in [0.3, 0.4) is 0 Å². The fraction of sp³-hybridized carbons (Fsp3) is 0.556. The summed E-state index contributed by atoms with van der Waals surface area (Å²) in [6.07, 6.45) is 4.35. The van der Waals surface area contributed by atoms with E-state index in [1.165, 1.54) is 0 Å². The second kappa shape index (κ2) is 8.67. The molecule has 0 unspecified atom stereocenters. The van der Waals surface area contributed by atoms with Gasteiger partial charge in [-0.3, -0.25) is 4.79 Å². The van der Waals surface area contributed by atoms with E-state index in [-0.39, 0.29) is 11.5 Å². The molecule has 0 saturated heterocycles. The number of hydrogen-bond acceptors (Lipinski definition) is 3. The first-order valence-electron chi connectivity index (χ1n) is 8.29. The topological polar surface area (TPSA) is 75.6 Å². The van der Waals surface area contributed by atoms with Gasteiger partial charge < -0.3 is 15.2 Å². The molecule has 0 aromatic heterocycles. The number of nitrogens with one attached hydrogen (secondary N) is 1. The van der Waals surface area contributed by atoms with Gasteiger partial charge in [0.25, 0.3) is 0 Å². The summed E-state index contributed by atoms with van der Waals surface area (Å²) in [6, 6.07) is 6.83. The van der Waals surface area contributed by atoms with E-state index >= 15 is 0 Å². The standard InChI is InChI=1S/C18H25NO4/c1-2-23-15-11-13(12-15)9-10-19-17(20)8-7-14-5-3-4-6-16(14)18(21)22/h3-6,13,15H,2,7-12H2,1H3,(H,19,20)(H,21,22). The van der Waals surface area contributed by atoms with E-state index in [4.69, 9.17) is 9.84 Å². The largest absolute Gasteiger partial charge is 0.478 e. The van der Waals surface area contributed by atoms with E-state index < -0.39 is 5.97 Å². The molecule has 126 valence electrons. The van der Waals surface area contributed by atoms with Crippen LogP contribution in [0.2, 0.25) is 0 Å². The molecule has 1 aromatic carbocycles. The number of carboxylic acid groups (broad SMARTS) is 1. The molecule has 0 bridgehead atoms. The number of carboxylic acids is 1. The Labute approximate surface area is 137 Å². The van der Waals surface area contributed by atoms with E-state index in [0.717, 1.165) is 25.9 Å². The summed E-state index contributed by atoms with van der Waals surface area (Å²) in [5, 5.41) is 12.0. The molecule has 1 aliphatic rings. The molecular formula is C18H25NO4. The highest BCUT2D eigenvalue weighted by Crippen LogP contribution is 2.32. The average molecular weight is 319 g/mol. The van der Waals surface area contributed by atoms with Gasteiger partial charge in [-0.2, -0.15) is 0 Å². The van der Waals surface area contributed by atoms with Crippen molar-refractivity contribution in [1.82, 2.24) is 5.32 Å². The van der Waals surface area contributed by atoms with Crippen LogP contribution in [0.15, 0.2) is 24.3 Å². The normalized spacial score (nSPS) is 19.9. The predicted molar refractivity (Wildman–Crippen MR) is 87.5 cm³/mol. The van der Waals surface area contributed by atoms with Crippen LogP contribution in [0.1, 0.15) is 48.5 Å². The van der Waals surface area contributed by atoms with Gasteiger partial charge in [0, 0.05) is 19.6 Å². The van der Waals surface area contributed by atoms with Gasteiger partial charge in [0.2, 0.25) is 5.91 Å². The molecule has 1 fully saturated rings. The van der Waals surface area contributed by atoms with Crippen molar-refractivity contribution in [2.75, 3.05) is 13.2 Å². The lowest BCUT2D eigenvalue weighted by Crippen LogP contribution is -2.34. The molecule has 2 N–H and O–H groups in total. The Morgan fingerprint density at radius 2 is 2.04 bits per heavy atom. The Bertz CT molecular complexity index is 538. The molecule has 23 heavy (non-hydrogen) atoms. The molecule has 0 aliphatic heterocycles. The van der Waals surface area contributed by atoms with Crippen molar-refractivity contribution < 1.29 is 19.4 Å². The SMILES string of the molecule is CCOC1CC(CCNC(=O)CCc2ccccc2C(=O)O)C1. The molecule has 0 heterocycles. The molecule has 0 spiro atoms. The Hall–Kier alpha value is -1.88. The Kier molecular flexibility index (Phi) is 6.59. The maximum atomic E-state index is 11.9. The Morgan fingerprint density at radius 3 is 2.74 bits per heavy atom. The number of carbonyl (C=O) groups is 2. The third-order valence-corrected chi connectivity index (χ3v) is 4.34. The predicted octanol–water partition coefficient (Wildman–Crippen LogP) is 2.64. The fourth-order valence-electron chi connectivity index (χ4n) is 2.98. The first-order chi connectivity index (χ1) is 11.1. The number of aromatic carboxylic acids is 1. The van der Waals surface area contributed by atoms with Crippen LogP contribution in [0, 0.1) is 5.92 Å². The second-order valence-electron chi connectivity index (χ2n) is 6.02. The van der Waals surface area contributed by atoms with E-state index in [1.54, 1.807) is 24.3 Å². The molecule has 0 radical (unpaired) electrons. The number of carbonyl (C=O) groups excluding carboxylic acids is 1. The fourth-order valence-corrected chi connectivity index (χ4v) is 2.98. The lowest BCUT2D eigenvalue weighted by atomic mass is 9.80. The minimum absolute atomic E-state index is 0.0223. The van der Waals surface area contributed by atoms with Gasteiger partial charge in [-0.25, -0.2) is 4.79 Å². The van der Waals surface area contributed by atoms with E-state index in [2.05, 4.69) is 5.32 Å². The van der Waals surface area contributed by atoms with Crippen molar-refractivity contribution in [2.45, 2.75) is 45.1 Å². The summed E-state index contributed by atoms with van der Waals surface area (Å²) in [4.78, 5) is 23.0. The van der Waals surface area contributed by atoms with Crippen molar-refractivity contribution in [3.05, 3.63) is 35.4 Å². The van der Waals surface area contributed by atoms with Crippen LogP contribution in [-0.4, -0.2) is 36.2 Å². The Balaban J connectivity index is 1.63. The third-order valence-electron chi connectivity index (χ3n) is 4.34. The van der Waals surface area contributed by atoms with Crippen LogP contribution < -0.4 is 5.32 Å². The molecule has 5 nitrogen and oxygen atoms in total. The van der Waals surface area contributed by atoms with Crippen molar-refractivity contribution in [2.24, 2.45) is 5.92 Å². The highest BCUT2D eigenvalue weighted by Gasteiger charge is 2.28. The number of hydrogen-bond donors (Lipinski definition) is 2. The summed E-state index contributed by atoms with van der Waals surface area (Å²) in [6.45, 7) is 3.46. The minimum atomic E-state index is -0.949. The van der Waals surface area contributed by atoms with Crippen LogP contribution in [-0.2, 0) is 16.0 Å². The summed E-state index contributed by atoms with van der Waals surface area (Å²) < 4.78 is 5.52. The number of amides is 1. The second-order valence-corrected chi connectivity index (χ2v) is 6.02. The molecule has 1 saturated carbocycles.